The number of ether oxygens (including phenoxy) is 1. The third-order valence-electron chi connectivity index (χ3n) is 5.13. The average molecular weight is 390 g/mol. The van der Waals surface area contributed by atoms with E-state index >= 15 is 0 Å². The Bertz CT molecular complexity index is 991. The monoisotopic (exact) mass is 390 g/mol. The molecule has 6 heteroatoms. The van der Waals surface area contributed by atoms with Crippen LogP contribution in [0, 0.1) is 0 Å². The maximum atomic E-state index is 12.7. The molecular formula is C23H22N2O4. The summed E-state index contributed by atoms with van der Waals surface area (Å²) in [6.45, 7) is 2.65. The van der Waals surface area contributed by atoms with E-state index in [2.05, 4.69) is 4.90 Å². The minimum absolute atomic E-state index is 0.0533. The van der Waals surface area contributed by atoms with Gasteiger partial charge in [-0.15, -0.1) is 0 Å². The van der Waals surface area contributed by atoms with Gasteiger partial charge < -0.3 is 19.0 Å². The third kappa shape index (κ3) is 3.87. The van der Waals surface area contributed by atoms with Crippen LogP contribution >= 0.6 is 0 Å². The van der Waals surface area contributed by atoms with Crippen LogP contribution in [0.25, 0.3) is 11.3 Å². The molecule has 1 aliphatic heterocycles. The number of piperazine rings is 1. The van der Waals surface area contributed by atoms with Crippen molar-refractivity contribution in [2.24, 2.45) is 0 Å². The standard InChI is InChI=1S/C23H22N2O4/c1-28-23(27)18-9-10-20(19(16-18)21-8-5-15-29-21)24-11-13-25(14-12-24)22(26)17-6-3-2-4-7-17/h2-10,15-16H,11-14H2,1H3. The summed E-state index contributed by atoms with van der Waals surface area (Å²) < 4.78 is 10.4. The Morgan fingerprint density at radius 3 is 2.31 bits per heavy atom. The number of nitrogens with zero attached hydrogens (tertiary/aromatic N) is 2. The molecule has 29 heavy (non-hydrogen) atoms. The number of methoxy groups -OCH3 is 1. The average Bonchev–Trinajstić information content (AvgIpc) is 3.33. The maximum Gasteiger partial charge on any atom is 0.337 e. The Morgan fingerprint density at radius 1 is 0.897 bits per heavy atom. The van der Waals surface area contributed by atoms with Crippen molar-refractivity contribution >= 4 is 17.6 Å². The van der Waals surface area contributed by atoms with E-state index in [0.717, 1.165) is 11.3 Å². The quantitative estimate of drug-likeness (QED) is 0.636. The van der Waals surface area contributed by atoms with Gasteiger partial charge in [0.05, 0.1) is 18.9 Å². The largest absolute Gasteiger partial charge is 0.465 e. The molecule has 2 aromatic carbocycles. The fraction of sp³-hybridized carbons (Fsp3) is 0.217. The molecule has 4 rings (SSSR count). The molecule has 0 atom stereocenters. The highest BCUT2D eigenvalue weighted by atomic mass is 16.5. The van der Waals surface area contributed by atoms with Crippen molar-refractivity contribution in [1.29, 1.82) is 0 Å². The number of hydrogen-bond acceptors (Lipinski definition) is 5. The van der Waals surface area contributed by atoms with Crippen molar-refractivity contribution in [1.82, 2.24) is 4.90 Å². The molecule has 1 amide bonds. The van der Waals surface area contributed by atoms with Gasteiger partial charge in [0, 0.05) is 43.0 Å². The molecule has 1 fully saturated rings. The van der Waals surface area contributed by atoms with Crippen LogP contribution < -0.4 is 4.90 Å². The molecule has 0 saturated carbocycles. The lowest BCUT2D eigenvalue weighted by molar-refractivity contribution is 0.0600. The van der Waals surface area contributed by atoms with Gasteiger partial charge in [-0.3, -0.25) is 4.79 Å². The number of anilines is 1. The number of rotatable bonds is 4. The van der Waals surface area contributed by atoms with Crippen molar-refractivity contribution < 1.29 is 18.7 Å². The van der Waals surface area contributed by atoms with E-state index in [0.29, 0.717) is 43.1 Å². The summed E-state index contributed by atoms with van der Waals surface area (Å²) in [5.41, 5.74) is 2.99. The molecule has 1 aliphatic rings. The summed E-state index contributed by atoms with van der Waals surface area (Å²) in [5, 5.41) is 0. The minimum atomic E-state index is -0.386. The Labute approximate surface area is 169 Å². The maximum absolute atomic E-state index is 12.7. The van der Waals surface area contributed by atoms with Gasteiger partial charge in [0.2, 0.25) is 0 Å². The smallest absolute Gasteiger partial charge is 0.337 e. The Kier molecular flexibility index (Phi) is 5.33. The van der Waals surface area contributed by atoms with Gasteiger partial charge in [0.15, 0.2) is 0 Å². The first kappa shape index (κ1) is 18.8. The Hall–Kier alpha value is -3.54. The molecule has 0 unspecified atom stereocenters. The van der Waals surface area contributed by atoms with Gasteiger partial charge in [-0.1, -0.05) is 18.2 Å². The first-order chi connectivity index (χ1) is 14.2. The Balaban J connectivity index is 1.55. The van der Waals surface area contributed by atoms with Crippen molar-refractivity contribution in [3.8, 4) is 11.3 Å². The molecular weight excluding hydrogens is 368 g/mol. The van der Waals surface area contributed by atoms with Crippen LogP contribution in [0.4, 0.5) is 5.69 Å². The molecule has 3 aromatic rings. The fourth-order valence-electron chi connectivity index (χ4n) is 3.60. The zero-order valence-corrected chi connectivity index (χ0v) is 16.2. The van der Waals surface area contributed by atoms with E-state index < -0.39 is 0 Å². The molecule has 1 aromatic heterocycles. The SMILES string of the molecule is COC(=O)c1ccc(N2CCN(C(=O)c3ccccc3)CC2)c(-c2ccco2)c1. The van der Waals surface area contributed by atoms with Crippen molar-refractivity contribution in [3.63, 3.8) is 0 Å². The number of esters is 1. The summed E-state index contributed by atoms with van der Waals surface area (Å²) in [5.74, 6) is 0.355. The van der Waals surface area contributed by atoms with E-state index in [-0.39, 0.29) is 11.9 Å². The topological polar surface area (TPSA) is 63.0 Å². The van der Waals surface area contributed by atoms with Gasteiger partial charge in [0.1, 0.15) is 5.76 Å². The van der Waals surface area contributed by atoms with Crippen LogP contribution in [0.2, 0.25) is 0 Å². The number of benzene rings is 2. The summed E-state index contributed by atoms with van der Waals surface area (Å²) in [6.07, 6.45) is 1.61. The van der Waals surface area contributed by atoms with Crippen LogP contribution in [0.3, 0.4) is 0 Å². The molecule has 0 radical (unpaired) electrons. The second-order valence-electron chi connectivity index (χ2n) is 6.85. The lowest BCUT2D eigenvalue weighted by atomic mass is 10.0. The molecule has 1 saturated heterocycles. The summed E-state index contributed by atoms with van der Waals surface area (Å²) in [4.78, 5) is 28.7. The van der Waals surface area contributed by atoms with Crippen LogP contribution in [0.15, 0.2) is 71.3 Å². The van der Waals surface area contributed by atoms with Crippen molar-refractivity contribution in [3.05, 3.63) is 78.1 Å². The lowest BCUT2D eigenvalue weighted by Gasteiger charge is -2.37. The summed E-state index contributed by atoms with van der Waals surface area (Å²) in [7, 11) is 1.37. The van der Waals surface area contributed by atoms with Crippen molar-refractivity contribution in [2.45, 2.75) is 0 Å². The predicted octanol–water partition coefficient (Wildman–Crippen LogP) is 3.70. The van der Waals surface area contributed by atoms with E-state index in [1.165, 1.54) is 7.11 Å². The normalized spacial score (nSPS) is 14.0. The second kappa shape index (κ2) is 8.22. The molecule has 148 valence electrons. The fourth-order valence-corrected chi connectivity index (χ4v) is 3.60. The van der Waals surface area contributed by atoms with Gasteiger partial charge in [0.25, 0.3) is 5.91 Å². The molecule has 0 N–H and O–H groups in total. The number of furan rings is 1. The highest BCUT2D eigenvalue weighted by Gasteiger charge is 2.25. The van der Waals surface area contributed by atoms with Crippen LogP contribution in [0.1, 0.15) is 20.7 Å². The number of carbonyl (C=O) groups excluding carboxylic acids is 2. The first-order valence-corrected chi connectivity index (χ1v) is 9.53. The van der Waals surface area contributed by atoms with Gasteiger partial charge in [-0.25, -0.2) is 4.79 Å². The van der Waals surface area contributed by atoms with Crippen LogP contribution in [-0.4, -0.2) is 50.1 Å². The van der Waals surface area contributed by atoms with Gasteiger partial charge >= 0.3 is 5.97 Å². The van der Waals surface area contributed by atoms with Crippen LogP contribution in [-0.2, 0) is 4.74 Å². The molecule has 2 heterocycles. The third-order valence-corrected chi connectivity index (χ3v) is 5.13. The number of amides is 1. The van der Waals surface area contributed by atoms with E-state index in [4.69, 9.17) is 9.15 Å². The van der Waals surface area contributed by atoms with E-state index in [9.17, 15) is 9.59 Å². The summed E-state index contributed by atoms with van der Waals surface area (Å²) >= 11 is 0. The number of carbonyl (C=O) groups is 2. The zero-order chi connectivity index (χ0) is 20.2. The molecule has 0 aliphatic carbocycles. The summed E-state index contributed by atoms with van der Waals surface area (Å²) in [6, 6.07) is 18.5. The highest BCUT2D eigenvalue weighted by molar-refractivity contribution is 5.95. The molecule has 0 spiro atoms. The van der Waals surface area contributed by atoms with Gasteiger partial charge in [-0.05, 0) is 42.5 Å². The molecule has 6 nitrogen and oxygen atoms in total. The lowest BCUT2D eigenvalue weighted by Crippen LogP contribution is -2.49. The first-order valence-electron chi connectivity index (χ1n) is 9.53. The highest BCUT2D eigenvalue weighted by Crippen LogP contribution is 2.33. The van der Waals surface area contributed by atoms with Crippen LogP contribution in [0.5, 0.6) is 0 Å². The Morgan fingerprint density at radius 2 is 1.66 bits per heavy atom. The zero-order valence-electron chi connectivity index (χ0n) is 16.2. The van der Waals surface area contributed by atoms with Gasteiger partial charge in [-0.2, -0.15) is 0 Å². The van der Waals surface area contributed by atoms with E-state index in [1.54, 1.807) is 18.4 Å². The minimum Gasteiger partial charge on any atom is -0.465 e. The molecule has 0 bridgehead atoms. The predicted molar refractivity (Wildman–Crippen MR) is 110 cm³/mol. The number of hydrogen-bond donors (Lipinski definition) is 0. The van der Waals surface area contributed by atoms with Crippen molar-refractivity contribution in [2.75, 3.05) is 38.2 Å². The second-order valence-corrected chi connectivity index (χ2v) is 6.85. The van der Waals surface area contributed by atoms with E-state index in [1.807, 2.05) is 53.4 Å².